The van der Waals surface area contributed by atoms with E-state index in [-0.39, 0.29) is 5.56 Å². The third-order valence-corrected chi connectivity index (χ3v) is 5.31. The van der Waals surface area contributed by atoms with Crippen molar-refractivity contribution in [3.05, 3.63) is 46.4 Å². The van der Waals surface area contributed by atoms with E-state index in [4.69, 9.17) is 5.73 Å². The Morgan fingerprint density at radius 2 is 1.80 bits per heavy atom. The van der Waals surface area contributed by atoms with E-state index in [1.54, 1.807) is 17.8 Å². The molecule has 3 N–H and O–H groups in total. The number of thioether (sulfide) groups is 1. The van der Waals surface area contributed by atoms with Gasteiger partial charge in [0, 0.05) is 49.4 Å². The highest BCUT2D eigenvalue weighted by molar-refractivity contribution is 7.99. The molecule has 0 aliphatic carbocycles. The van der Waals surface area contributed by atoms with Crippen LogP contribution in [0.4, 0.5) is 17.3 Å². The Kier molecular flexibility index (Phi) is 5.53. The zero-order valence-electron chi connectivity index (χ0n) is 14.7. The number of aromatic amines is 1. The summed E-state index contributed by atoms with van der Waals surface area (Å²) in [5, 5.41) is 0.521. The summed E-state index contributed by atoms with van der Waals surface area (Å²) < 4.78 is 0. The zero-order chi connectivity index (χ0) is 17.8. The molecule has 1 aliphatic rings. The molecule has 7 heteroatoms. The highest BCUT2D eigenvalue weighted by Gasteiger charge is 2.19. The van der Waals surface area contributed by atoms with E-state index >= 15 is 0 Å². The van der Waals surface area contributed by atoms with Gasteiger partial charge in [0.1, 0.15) is 0 Å². The number of rotatable bonds is 5. The molecule has 25 heavy (non-hydrogen) atoms. The van der Waals surface area contributed by atoms with Crippen molar-refractivity contribution >= 4 is 29.1 Å². The average molecular weight is 359 g/mol. The topological polar surface area (TPSA) is 78.2 Å². The zero-order valence-corrected chi connectivity index (χ0v) is 15.6. The molecule has 1 aromatic carbocycles. The molecule has 1 aromatic heterocycles. The number of nitrogens with two attached hydrogens (primary N) is 1. The van der Waals surface area contributed by atoms with Gasteiger partial charge in [0.15, 0.2) is 0 Å². The monoisotopic (exact) mass is 359 g/mol. The van der Waals surface area contributed by atoms with E-state index in [2.05, 4.69) is 45.7 Å². The number of hydrogen-bond donors (Lipinski definition) is 2. The maximum absolute atomic E-state index is 12.0. The minimum atomic E-state index is -0.0784. The largest absolute Gasteiger partial charge is 0.399 e. The molecule has 0 unspecified atom stereocenters. The highest BCUT2D eigenvalue weighted by atomic mass is 32.2. The Bertz CT molecular complexity index is 751. The van der Waals surface area contributed by atoms with E-state index in [0.717, 1.165) is 43.3 Å². The van der Waals surface area contributed by atoms with Crippen LogP contribution in [0.15, 0.2) is 35.1 Å². The van der Waals surface area contributed by atoms with Crippen molar-refractivity contribution in [2.24, 2.45) is 0 Å². The van der Waals surface area contributed by atoms with Crippen molar-refractivity contribution < 1.29 is 0 Å². The van der Waals surface area contributed by atoms with Crippen LogP contribution in [0.3, 0.4) is 0 Å². The first kappa shape index (κ1) is 17.7. The van der Waals surface area contributed by atoms with Crippen LogP contribution in [0.5, 0.6) is 0 Å². The van der Waals surface area contributed by atoms with Gasteiger partial charge in [-0.05, 0) is 29.5 Å². The van der Waals surface area contributed by atoms with Gasteiger partial charge in [-0.1, -0.05) is 13.8 Å². The number of nitrogens with one attached hydrogen (secondary N) is 1. The molecule has 3 rings (SSSR count). The standard InChI is InChI=1S/C18H25N5OS/c1-13(2)25-12-15-11-17(24)21-18(20-15)23-9-7-22(8-10-23)16-5-3-14(19)4-6-16/h3-6,11,13H,7-10,12,19H2,1-2H3,(H,20,21,24). The minimum absolute atomic E-state index is 0.0784. The Morgan fingerprint density at radius 3 is 2.44 bits per heavy atom. The summed E-state index contributed by atoms with van der Waals surface area (Å²) in [6.45, 7) is 7.73. The van der Waals surface area contributed by atoms with E-state index in [1.165, 1.54) is 5.69 Å². The second-order valence-electron chi connectivity index (χ2n) is 6.49. The molecule has 0 saturated carbocycles. The van der Waals surface area contributed by atoms with Crippen molar-refractivity contribution in [2.45, 2.75) is 24.9 Å². The smallest absolute Gasteiger partial charge is 0.252 e. The number of nitrogen functional groups attached to an aromatic ring is 1. The predicted octanol–water partition coefficient (Wildman–Crippen LogP) is 2.32. The van der Waals surface area contributed by atoms with Gasteiger partial charge < -0.3 is 15.5 Å². The van der Waals surface area contributed by atoms with Crippen LogP contribution in [0.1, 0.15) is 19.5 Å². The molecule has 0 spiro atoms. The predicted molar refractivity (Wildman–Crippen MR) is 107 cm³/mol. The Labute approximate surface area is 152 Å². The van der Waals surface area contributed by atoms with Gasteiger partial charge in [-0.25, -0.2) is 4.98 Å². The van der Waals surface area contributed by atoms with E-state index in [9.17, 15) is 4.79 Å². The maximum atomic E-state index is 12.0. The maximum Gasteiger partial charge on any atom is 0.252 e. The second-order valence-corrected chi connectivity index (χ2v) is 8.05. The third kappa shape index (κ3) is 4.69. The summed E-state index contributed by atoms with van der Waals surface area (Å²) in [6, 6.07) is 9.56. The van der Waals surface area contributed by atoms with Gasteiger partial charge >= 0.3 is 0 Å². The molecule has 0 atom stereocenters. The van der Waals surface area contributed by atoms with Crippen LogP contribution in [-0.4, -0.2) is 41.4 Å². The number of anilines is 3. The first-order valence-electron chi connectivity index (χ1n) is 8.58. The first-order valence-corrected chi connectivity index (χ1v) is 9.63. The summed E-state index contributed by atoms with van der Waals surface area (Å²) in [4.78, 5) is 24.0. The third-order valence-electron chi connectivity index (χ3n) is 4.18. The molecule has 1 aliphatic heterocycles. The van der Waals surface area contributed by atoms with Crippen molar-refractivity contribution in [1.29, 1.82) is 0 Å². The molecule has 2 heterocycles. The van der Waals surface area contributed by atoms with Crippen LogP contribution in [0, 0.1) is 0 Å². The van der Waals surface area contributed by atoms with Crippen molar-refractivity contribution in [3.63, 3.8) is 0 Å². The molecule has 6 nitrogen and oxygen atoms in total. The van der Waals surface area contributed by atoms with Crippen LogP contribution in [0.25, 0.3) is 0 Å². The lowest BCUT2D eigenvalue weighted by molar-refractivity contribution is 0.638. The van der Waals surface area contributed by atoms with Crippen LogP contribution in [0.2, 0.25) is 0 Å². The molecule has 0 bridgehead atoms. The molecule has 2 aromatic rings. The van der Waals surface area contributed by atoms with Crippen molar-refractivity contribution in [1.82, 2.24) is 9.97 Å². The summed E-state index contributed by atoms with van der Waals surface area (Å²) in [7, 11) is 0. The molecular formula is C18H25N5OS. The Balaban J connectivity index is 1.66. The lowest BCUT2D eigenvalue weighted by Crippen LogP contribution is -2.47. The van der Waals surface area contributed by atoms with E-state index < -0.39 is 0 Å². The molecule has 1 saturated heterocycles. The quantitative estimate of drug-likeness (QED) is 0.798. The fraction of sp³-hybridized carbons (Fsp3) is 0.444. The van der Waals surface area contributed by atoms with Gasteiger partial charge in [-0.3, -0.25) is 9.78 Å². The summed E-state index contributed by atoms with van der Waals surface area (Å²) in [5.74, 6) is 1.45. The fourth-order valence-corrected chi connectivity index (χ4v) is 3.48. The normalized spacial score (nSPS) is 15.0. The van der Waals surface area contributed by atoms with Gasteiger partial charge in [0.25, 0.3) is 5.56 Å². The molecule has 134 valence electrons. The summed E-state index contributed by atoms with van der Waals surface area (Å²) in [6.07, 6.45) is 0. The van der Waals surface area contributed by atoms with E-state index in [1.807, 2.05) is 12.1 Å². The minimum Gasteiger partial charge on any atom is -0.399 e. The lowest BCUT2D eigenvalue weighted by atomic mass is 10.2. The van der Waals surface area contributed by atoms with Gasteiger partial charge in [0.2, 0.25) is 5.95 Å². The molecular weight excluding hydrogens is 334 g/mol. The van der Waals surface area contributed by atoms with Gasteiger partial charge in [-0.2, -0.15) is 11.8 Å². The van der Waals surface area contributed by atoms with E-state index in [0.29, 0.717) is 11.2 Å². The van der Waals surface area contributed by atoms with Crippen molar-refractivity contribution in [2.75, 3.05) is 41.7 Å². The number of piperazine rings is 1. The number of H-pyrrole nitrogens is 1. The Hall–Kier alpha value is -2.15. The number of hydrogen-bond acceptors (Lipinski definition) is 6. The second kappa shape index (κ2) is 7.82. The lowest BCUT2D eigenvalue weighted by Gasteiger charge is -2.36. The van der Waals surface area contributed by atoms with Crippen LogP contribution in [-0.2, 0) is 5.75 Å². The number of benzene rings is 1. The van der Waals surface area contributed by atoms with Gasteiger partial charge in [0.05, 0.1) is 5.69 Å². The SMILES string of the molecule is CC(C)SCc1cc(=O)[nH]c(N2CCN(c3ccc(N)cc3)CC2)n1. The molecule has 1 fully saturated rings. The first-order chi connectivity index (χ1) is 12.0. The average Bonchev–Trinajstić information content (AvgIpc) is 2.60. The van der Waals surface area contributed by atoms with Crippen LogP contribution >= 0.6 is 11.8 Å². The van der Waals surface area contributed by atoms with Crippen molar-refractivity contribution in [3.8, 4) is 0 Å². The highest BCUT2D eigenvalue weighted by Crippen LogP contribution is 2.20. The summed E-state index contributed by atoms with van der Waals surface area (Å²) in [5.41, 5.74) is 8.48. The fourth-order valence-electron chi connectivity index (χ4n) is 2.83. The van der Waals surface area contributed by atoms with Crippen LogP contribution < -0.4 is 21.1 Å². The summed E-state index contributed by atoms with van der Waals surface area (Å²) >= 11 is 1.79. The number of aromatic nitrogens is 2. The Morgan fingerprint density at radius 1 is 1.16 bits per heavy atom. The number of nitrogens with zero attached hydrogens (tertiary/aromatic N) is 3. The van der Waals surface area contributed by atoms with Gasteiger partial charge in [-0.15, -0.1) is 0 Å². The molecule has 0 amide bonds. The molecule has 0 radical (unpaired) electrons.